The van der Waals surface area contributed by atoms with Gasteiger partial charge in [0.05, 0.1) is 0 Å². The monoisotopic (exact) mass is 367 g/mol. The van der Waals surface area contributed by atoms with Crippen molar-refractivity contribution in [3.05, 3.63) is 23.3 Å². The van der Waals surface area contributed by atoms with E-state index in [1.807, 2.05) is 35.4 Å². The number of hydrogen-bond acceptors (Lipinski definition) is 6. The first kappa shape index (κ1) is 19.3. The Morgan fingerprint density at radius 1 is 1.38 bits per heavy atom. The second kappa shape index (κ2) is 9.47. The van der Waals surface area contributed by atoms with Gasteiger partial charge in [-0.15, -0.1) is 0 Å². The van der Waals surface area contributed by atoms with Gasteiger partial charge in [0.2, 0.25) is 0 Å². The van der Waals surface area contributed by atoms with Gasteiger partial charge in [-0.05, 0) is 49.8 Å². The minimum atomic E-state index is -0.305. The lowest BCUT2D eigenvalue weighted by Gasteiger charge is -2.14. The van der Waals surface area contributed by atoms with Crippen molar-refractivity contribution in [2.24, 2.45) is 11.1 Å². The molecule has 6 heteroatoms. The SMILES string of the molecule is CC1=CC(=O)C(C(C)C)=CC1=NOC(=O)CCCCC1CCSS1. The highest BCUT2D eigenvalue weighted by Crippen LogP contribution is 2.39. The van der Waals surface area contributed by atoms with Gasteiger partial charge in [-0.3, -0.25) is 4.79 Å². The Morgan fingerprint density at radius 3 is 2.83 bits per heavy atom. The van der Waals surface area contributed by atoms with Crippen LogP contribution >= 0.6 is 21.6 Å². The smallest absolute Gasteiger partial charge is 0.318 e. The van der Waals surface area contributed by atoms with Gasteiger partial charge in [0.25, 0.3) is 0 Å². The van der Waals surface area contributed by atoms with Gasteiger partial charge in [-0.1, -0.05) is 47.0 Å². The van der Waals surface area contributed by atoms with E-state index in [2.05, 4.69) is 5.16 Å². The molecular weight excluding hydrogens is 342 g/mol. The molecule has 1 aliphatic heterocycles. The third-order valence-corrected chi connectivity index (χ3v) is 7.09. The van der Waals surface area contributed by atoms with Crippen molar-refractivity contribution >= 4 is 39.1 Å². The molecular formula is C18H25NO3S2. The molecule has 2 rings (SSSR count). The van der Waals surface area contributed by atoms with E-state index < -0.39 is 0 Å². The Bertz CT molecular complexity index is 573. The summed E-state index contributed by atoms with van der Waals surface area (Å²) in [5.41, 5.74) is 1.99. The topological polar surface area (TPSA) is 55.7 Å². The molecule has 0 N–H and O–H groups in total. The molecule has 1 fully saturated rings. The molecule has 4 nitrogen and oxygen atoms in total. The normalized spacial score (nSPS) is 22.8. The van der Waals surface area contributed by atoms with Crippen molar-refractivity contribution in [1.82, 2.24) is 0 Å². The average Bonchev–Trinajstić information content (AvgIpc) is 3.03. The van der Waals surface area contributed by atoms with E-state index in [4.69, 9.17) is 4.84 Å². The predicted molar refractivity (Wildman–Crippen MR) is 102 cm³/mol. The number of nitrogens with zero attached hydrogens (tertiary/aromatic N) is 1. The van der Waals surface area contributed by atoms with Gasteiger partial charge in [-0.25, -0.2) is 4.79 Å². The fraction of sp³-hybridized carbons (Fsp3) is 0.611. The first-order valence-corrected chi connectivity index (χ1v) is 10.9. The van der Waals surface area contributed by atoms with Crippen LogP contribution in [0.15, 0.2) is 28.5 Å². The lowest BCUT2D eigenvalue weighted by atomic mass is 9.90. The molecule has 1 heterocycles. The van der Waals surface area contributed by atoms with Gasteiger partial charge in [0.15, 0.2) is 5.78 Å². The van der Waals surface area contributed by atoms with E-state index in [9.17, 15) is 9.59 Å². The lowest BCUT2D eigenvalue weighted by Crippen LogP contribution is -2.16. The number of rotatable bonds is 7. The maximum Gasteiger partial charge on any atom is 0.335 e. The molecule has 0 aromatic heterocycles. The van der Waals surface area contributed by atoms with E-state index in [-0.39, 0.29) is 17.7 Å². The summed E-state index contributed by atoms with van der Waals surface area (Å²) in [4.78, 5) is 28.8. The zero-order valence-electron chi connectivity index (χ0n) is 14.5. The van der Waals surface area contributed by atoms with Gasteiger partial charge in [-0.2, -0.15) is 0 Å². The Labute approximate surface area is 151 Å². The zero-order chi connectivity index (χ0) is 17.5. The summed E-state index contributed by atoms with van der Waals surface area (Å²) < 4.78 is 0. The van der Waals surface area contributed by atoms with Crippen LogP contribution in [0, 0.1) is 5.92 Å². The molecule has 1 unspecified atom stereocenters. The molecule has 0 aromatic carbocycles. The van der Waals surface area contributed by atoms with Crippen molar-refractivity contribution in [1.29, 1.82) is 0 Å². The van der Waals surface area contributed by atoms with E-state index >= 15 is 0 Å². The van der Waals surface area contributed by atoms with Crippen LogP contribution in [-0.4, -0.2) is 28.5 Å². The first-order valence-electron chi connectivity index (χ1n) is 8.48. The highest BCUT2D eigenvalue weighted by atomic mass is 33.1. The average molecular weight is 368 g/mol. The second-order valence-electron chi connectivity index (χ2n) is 6.46. The Morgan fingerprint density at radius 2 is 2.17 bits per heavy atom. The van der Waals surface area contributed by atoms with Crippen molar-refractivity contribution < 1.29 is 14.4 Å². The minimum Gasteiger partial charge on any atom is -0.318 e. The maximum absolute atomic E-state index is 11.9. The summed E-state index contributed by atoms with van der Waals surface area (Å²) in [6.45, 7) is 5.72. The van der Waals surface area contributed by atoms with Crippen LogP contribution in [0.2, 0.25) is 0 Å². The largest absolute Gasteiger partial charge is 0.335 e. The van der Waals surface area contributed by atoms with Crippen molar-refractivity contribution in [3.8, 4) is 0 Å². The summed E-state index contributed by atoms with van der Waals surface area (Å²) in [5, 5.41) is 4.70. The Hall–Kier alpha value is -1.01. The Kier molecular flexibility index (Phi) is 7.62. The molecule has 0 bridgehead atoms. The summed E-state index contributed by atoms with van der Waals surface area (Å²) >= 11 is 0. The van der Waals surface area contributed by atoms with Crippen LogP contribution in [0.5, 0.6) is 0 Å². The summed E-state index contributed by atoms with van der Waals surface area (Å²) in [6.07, 6.45) is 8.01. The van der Waals surface area contributed by atoms with Gasteiger partial charge >= 0.3 is 5.97 Å². The number of allylic oxidation sites excluding steroid dienone is 4. The quantitative estimate of drug-likeness (QED) is 0.214. The number of hydrogen-bond donors (Lipinski definition) is 0. The van der Waals surface area contributed by atoms with Gasteiger partial charge < -0.3 is 4.84 Å². The van der Waals surface area contributed by atoms with E-state index in [0.29, 0.717) is 17.7 Å². The Balaban J connectivity index is 1.77. The van der Waals surface area contributed by atoms with Crippen molar-refractivity contribution in [2.45, 2.75) is 58.1 Å². The third-order valence-electron chi connectivity index (χ3n) is 4.08. The predicted octanol–water partition coefficient (Wildman–Crippen LogP) is 4.71. The molecule has 0 spiro atoms. The van der Waals surface area contributed by atoms with E-state index in [0.717, 1.165) is 23.7 Å². The molecule has 0 aromatic rings. The highest BCUT2D eigenvalue weighted by molar-refractivity contribution is 8.77. The maximum atomic E-state index is 11.9. The molecule has 0 radical (unpaired) electrons. The molecule has 0 saturated carbocycles. The number of carbonyl (C=O) groups excluding carboxylic acids is 2. The standard InChI is InChI=1S/C18H25NO3S2/c1-12(2)15-11-16(13(3)10-17(15)20)19-22-18(21)7-5-4-6-14-8-9-23-24-14/h10-12,14H,4-9H2,1-3H3. The van der Waals surface area contributed by atoms with Crippen LogP contribution in [0.3, 0.4) is 0 Å². The van der Waals surface area contributed by atoms with Gasteiger partial charge in [0, 0.05) is 23.0 Å². The zero-order valence-corrected chi connectivity index (χ0v) is 16.2. The van der Waals surface area contributed by atoms with Crippen LogP contribution in [0.1, 0.15) is 52.9 Å². The van der Waals surface area contributed by atoms with Crippen molar-refractivity contribution in [2.75, 3.05) is 5.75 Å². The molecule has 0 amide bonds. The summed E-state index contributed by atoms with van der Waals surface area (Å²) in [5.74, 6) is 1.07. The number of ketones is 1. The minimum absolute atomic E-state index is 0.00993. The fourth-order valence-electron chi connectivity index (χ4n) is 2.59. The molecule has 1 atom stereocenters. The third kappa shape index (κ3) is 5.81. The van der Waals surface area contributed by atoms with Crippen LogP contribution in [0.4, 0.5) is 0 Å². The second-order valence-corrected chi connectivity index (χ2v) is 9.25. The number of unbranched alkanes of at least 4 members (excludes halogenated alkanes) is 1. The summed E-state index contributed by atoms with van der Waals surface area (Å²) in [6, 6.07) is 0. The lowest BCUT2D eigenvalue weighted by molar-refractivity contribution is -0.143. The van der Waals surface area contributed by atoms with E-state index in [1.54, 1.807) is 19.1 Å². The molecule has 1 saturated heterocycles. The van der Waals surface area contributed by atoms with Crippen LogP contribution in [-0.2, 0) is 14.4 Å². The van der Waals surface area contributed by atoms with Gasteiger partial charge in [0.1, 0.15) is 5.71 Å². The molecule has 1 aliphatic carbocycles. The first-order chi connectivity index (χ1) is 11.5. The van der Waals surface area contributed by atoms with Crippen LogP contribution in [0.25, 0.3) is 0 Å². The highest BCUT2D eigenvalue weighted by Gasteiger charge is 2.19. The molecule has 24 heavy (non-hydrogen) atoms. The number of oxime groups is 1. The summed E-state index contributed by atoms with van der Waals surface area (Å²) in [7, 11) is 3.92. The van der Waals surface area contributed by atoms with E-state index in [1.165, 1.54) is 18.6 Å². The van der Waals surface area contributed by atoms with Crippen molar-refractivity contribution in [3.63, 3.8) is 0 Å². The molecule has 132 valence electrons. The number of carbonyl (C=O) groups is 2. The van der Waals surface area contributed by atoms with Crippen LogP contribution < -0.4 is 0 Å². The fourth-order valence-corrected chi connectivity index (χ4v) is 5.61. The molecule has 2 aliphatic rings.